The fourth-order valence-corrected chi connectivity index (χ4v) is 4.04. The minimum atomic E-state index is 0.0198. The molecule has 0 radical (unpaired) electrons. The Labute approximate surface area is 175 Å². The second-order valence-corrected chi connectivity index (χ2v) is 8.74. The predicted octanol–water partition coefficient (Wildman–Crippen LogP) is 8.68. The van der Waals surface area contributed by atoms with Crippen molar-refractivity contribution in [1.29, 1.82) is 0 Å². The molecule has 0 saturated heterocycles. The van der Waals surface area contributed by atoms with Crippen molar-refractivity contribution in [2.75, 3.05) is 6.61 Å². The Morgan fingerprint density at radius 1 is 0.464 bits per heavy atom. The van der Waals surface area contributed by atoms with Gasteiger partial charge in [0.05, 0.1) is 6.61 Å². The second kappa shape index (κ2) is 20.9. The molecule has 0 aliphatic carbocycles. The van der Waals surface area contributed by atoms with Gasteiger partial charge in [-0.05, 0) is 38.5 Å². The van der Waals surface area contributed by atoms with Crippen LogP contribution in [0.2, 0.25) is 0 Å². The summed E-state index contributed by atoms with van der Waals surface area (Å²) in [7, 11) is 0. The third-order valence-corrected chi connectivity index (χ3v) is 5.95. The summed E-state index contributed by atoms with van der Waals surface area (Å²) in [6.07, 6.45) is 32.9. The van der Waals surface area contributed by atoms with Crippen LogP contribution >= 0.6 is 0 Å². The molecule has 0 spiro atoms. The van der Waals surface area contributed by atoms with Gasteiger partial charge in [0.25, 0.3) is 0 Å². The van der Waals surface area contributed by atoms with Crippen molar-refractivity contribution < 1.29 is 9.53 Å². The molecular weight excluding hydrogens is 344 g/mol. The van der Waals surface area contributed by atoms with Crippen LogP contribution in [0, 0.1) is 0 Å². The van der Waals surface area contributed by atoms with Gasteiger partial charge in [0.15, 0.2) is 0 Å². The molecule has 1 heterocycles. The van der Waals surface area contributed by atoms with Crippen LogP contribution in [0.25, 0.3) is 0 Å². The van der Waals surface area contributed by atoms with E-state index in [9.17, 15) is 4.79 Å². The standard InChI is InChI=1S/C26H48O2/c27-26-24-22-20-18-16-14-12-10-8-6-4-2-1-3-5-7-9-11-13-15-17-19-21-23-25-28-26/h1-2H,3-25H2/b2-1+. The number of ether oxygens (including phenoxy) is 1. The molecule has 1 aliphatic rings. The Kier molecular flexibility index (Phi) is 18.9. The van der Waals surface area contributed by atoms with E-state index in [0.29, 0.717) is 13.0 Å². The van der Waals surface area contributed by atoms with Crippen LogP contribution in [-0.2, 0) is 9.53 Å². The number of rotatable bonds is 0. The van der Waals surface area contributed by atoms with E-state index >= 15 is 0 Å². The molecule has 0 saturated carbocycles. The maximum Gasteiger partial charge on any atom is 0.305 e. The van der Waals surface area contributed by atoms with Crippen LogP contribution in [0.5, 0.6) is 0 Å². The summed E-state index contributed by atoms with van der Waals surface area (Å²) in [5.41, 5.74) is 0. The lowest BCUT2D eigenvalue weighted by Gasteiger charge is -2.05. The second-order valence-electron chi connectivity index (χ2n) is 8.74. The van der Waals surface area contributed by atoms with Crippen molar-refractivity contribution in [2.45, 2.75) is 141 Å². The van der Waals surface area contributed by atoms with E-state index < -0.39 is 0 Å². The lowest BCUT2D eigenvalue weighted by molar-refractivity contribution is -0.143. The zero-order valence-electron chi connectivity index (χ0n) is 18.7. The van der Waals surface area contributed by atoms with Gasteiger partial charge in [-0.15, -0.1) is 0 Å². The Hall–Kier alpha value is -0.790. The van der Waals surface area contributed by atoms with E-state index in [4.69, 9.17) is 4.74 Å². The molecular formula is C26H48O2. The average Bonchev–Trinajstić information content (AvgIpc) is 2.70. The Morgan fingerprint density at radius 3 is 1.29 bits per heavy atom. The number of carbonyl (C=O) groups is 1. The number of hydrogen-bond donors (Lipinski definition) is 0. The van der Waals surface area contributed by atoms with Gasteiger partial charge >= 0.3 is 5.97 Å². The van der Waals surface area contributed by atoms with E-state index in [2.05, 4.69) is 12.2 Å². The molecule has 0 aromatic heterocycles. The molecule has 0 aromatic carbocycles. The van der Waals surface area contributed by atoms with Crippen LogP contribution in [0.3, 0.4) is 0 Å². The average molecular weight is 393 g/mol. The smallest absolute Gasteiger partial charge is 0.305 e. The van der Waals surface area contributed by atoms with Crippen LogP contribution in [-0.4, -0.2) is 12.6 Å². The maximum atomic E-state index is 11.7. The lowest BCUT2D eigenvalue weighted by atomic mass is 10.0. The molecule has 0 unspecified atom stereocenters. The van der Waals surface area contributed by atoms with E-state index in [1.165, 1.54) is 122 Å². The molecule has 0 N–H and O–H groups in total. The molecule has 28 heavy (non-hydrogen) atoms. The van der Waals surface area contributed by atoms with Gasteiger partial charge in [-0.25, -0.2) is 0 Å². The summed E-state index contributed by atoms with van der Waals surface area (Å²) in [6, 6.07) is 0. The van der Waals surface area contributed by atoms with E-state index in [1.807, 2.05) is 0 Å². The summed E-state index contributed by atoms with van der Waals surface area (Å²) < 4.78 is 5.37. The maximum absolute atomic E-state index is 11.7. The zero-order chi connectivity index (χ0) is 20.0. The Bertz CT molecular complexity index is 361. The molecule has 1 aliphatic heterocycles. The molecule has 0 bridgehead atoms. The van der Waals surface area contributed by atoms with Crippen molar-refractivity contribution in [3.63, 3.8) is 0 Å². The Balaban J connectivity index is 2.11. The normalized spacial score (nSPS) is 23.9. The molecule has 164 valence electrons. The highest BCUT2D eigenvalue weighted by atomic mass is 16.5. The van der Waals surface area contributed by atoms with Crippen LogP contribution in [0.15, 0.2) is 12.2 Å². The van der Waals surface area contributed by atoms with Gasteiger partial charge in [0, 0.05) is 6.42 Å². The minimum absolute atomic E-state index is 0.0198. The predicted molar refractivity (Wildman–Crippen MR) is 122 cm³/mol. The van der Waals surface area contributed by atoms with Crippen molar-refractivity contribution in [1.82, 2.24) is 0 Å². The van der Waals surface area contributed by atoms with E-state index in [1.54, 1.807) is 0 Å². The molecule has 2 nitrogen and oxygen atoms in total. The topological polar surface area (TPSA) is 26.3 Å². The van der Waals surface area contributed by atoms with Gasteiger partial charge < -0.3 is 4.74 Å². The number of cyclic esters (lactones) is 1. The monoisotopic (exact) mass is 392 g/mol. The summed E-state index contributed by atoms with van der Waals surface area (Å²) in [5.74, 6) is 0.0198. The fourth-order valence-electron chi connectivity index (χ4n) is 4.04. The highest BCUT2D eigenvalue weighted by molar-refractivity contribution is 5.69. The minimum Gasteiger partial charge on any atom is -0.466 e. The summed E-state index contributed by atoms with van der Waals surface area (Å²) in [4.78, 5) is 11.7. The van der Waals surface area contributed by atoms with E-state index in [0.717, 1.165) is 12.8 Å². The van der Waals surface area contributed by atoms with Gasteiger partial charge in [0.1, 0.15) is 0 Å². The zero-order valence-corrected chi connectivity index (χ0v) is 18.7. The number of allylic oxidation sites excluding steroid dienone is 2. The number of carbonyl (C=O) groups excluding carboxylic acids is 1. The first-order valence-corrected chi connectivity index (χ1v) is 12.7. The molecule has 0 aromatic rings. The van der Waals surface area contributed by atoms with Gasteiger partial charge in [-0.2, -0.15) is 0 Å². The lowest BCUT2D eigenvalue weighted by Crippen LogP contribution is -2.05. The Morgan fingerprint density at radius 2 is 0.821 bits per heavy atom. The summed E-state index contributed by atoms with van der Waals surface area (Å²) >= 11 is 0. The van der Waals surface area contributed by atoms with Crippen molar-refractivity contribution in [3.8, 4) is 0 Å². The van der Waals surface area contributed by atoms with Crippen molar-refractivity contribution in [3.05, 3.63) is 12.2 Å². The number of esters is 1. The molecule has 2 heteroatoms. The van der Waals surface area contributed by atoms with Crippen molar-refractivity contribution in [2.24, 2.45) is 0 Å². The SMILES string of the molecule is O=C1CCCCCCCCCCC/C=C/CCCCCCCCCCCCO1. The summed E-state index contributed by atoms with van der Waals surface area (Å²) in [5, 5.41) is 0. The third-order valence-electron chi connectivity index (χ3n) is 5.95. The molecule has 0 atom stereocenters. The first-order chi connectivity index (χ1) is 13.9. The van der Waals surface area contributed by atoms with Gasteiger partial charge in [-0.1, -0.05) is 108 Å². The van der Waals surface area contributed by atoms with Gasteiger partial charge in [0.2, 0.25) is 0 Å². The molecule has 0 fully saturated rings. The third kappa shape index (κ3) is 18.6. The molecule has 0 amide bonds. The fraction of sp³-hybridized carbons (Fsp3) is 0.885. The summed E-state index contributed by atoms with van der Waals surface area (Å²) in [6.45, 7) is 0.632. The van der Waals surface area contributed by atoms with Crippen LogP contribution in [0.4, 0.5) is 0 Å². The van der Waals surface area contributed by atoms with Crippen LogP contribution in [0.1, 0.15) is 141 Å². The first-order valence-electron chi connectivity index (χ1n) is 12.7. The van der Waals surface area contributed by atoms with Crippen molar-refractivity contribution >= 4 is 5.97 Å². The van der Waals surface area contributed by atoms with Crippen LogP contribution < -0.4 is 0 Å². The van der Waals surface area contributed by atoms with Gasteiger partial charge in [-0.3, -0.25) is 4.79 Å². The largest absolute Gasteiger partial charge is 0.466 e. The highest BCUT2D eigenvalue weighted by Crippen LogP contribution is 2.14. The first kappa shape index (κ1) is 25.2. The molecule has 1 rings (SSSR count). The quantitative estimate of drug-likeness (QED) is 0.304. The van der Waals surface area contributed by atoms with E-state index in [-0.39, 0.29) is 5.97 Å². The highest BCUT2D eigenvalue weighted by Gasteiger charge is 2.02. The number of hydrogen-bond acceptors (Lipinski definition) is 2.